The van der Waals surface area contributed by atoms with Crippen molar-refractivity contribution in [2.45, 2.75) is 45.3 Å². The van der Waals surface area contributed by atoms with Crippen LogP contribution in [-0.4, -0.2) is 40.3 Å². The highest BCUT2D eigenvalue weighted by Crippen LogP contribution is 2.22. The van der Waals surface area contributed by atoms with Gasteiger partial charge in [0.2, 0.25) is 0 Å². The highest BCUT2D eigenvalue weighted by molar-refractivity contribution is 5.81. The molecular weight excluding hydrogens is 270 g/mol. The van der Waals surface area contributed by atoms with Crippen molar-refractivity contribution >= 4 is 12.1 Å². The summed E-state index contributed by atoms with van der Waals surface area (Å²) < 4.78 is 5.34. The molecule has 1 atom stereocenters. The number of nitrogens with zero attached hydrogens (tertiary/aromatic N) is 1. The fraction of sp³-hybridized carbons (Fsp3) is 0.500. The molecule has 2 rings (SSSR count). The molecule has 1 N–H and O–H groups in total. The predicted octanol–water partition coefficient (Wildman–Crippen LogP) is 2.48. The minimum absolute atomic E-state index is 0.310. The standard InChI is InChI=1S/C16H21NO4/c1-16(2,3)21-15(20)17-9-8-11-6-4-5-7-12(11)10-13(17)14(18)19/h4-7,13H,8-10H2,1-3H3,(H,18,19). The number of ether oxygens (including phenoxy) is 1. The first-order chi connectivity index (χ1) is 9.78. The molecule has 1 aliphatic rings. The first-order valence-electron chi connectivity index (χ1n) is 7.07. The third kappa shape index (κ3) is 3.74. The van der Waals surface area contributed by atoms with Crippen LogP contribution in [0.5, 0.6) is 0 Å². The SMILES string of the molecule is CC(C)(C)OC(=O)N1CCc2ccccc2CC1C(=O)O. The van der Waals surface area contributed by atoms with Crippen molar-refractivity contribution in [3.05, 3.63) is 35.4 Å². The van der Waals surface area contributed by atoms with E-state index in [0.717, 1.165) is 11.1 Å². The van der Waals surface area contributed by atoms with Crippen molar-refractivity contribution < 1.29 is 19.4 Å². The Morgan fingerprint density at radius 2 is 1.86 bits per heavy atom. The molecule has 0 fully saturated rings. The van der Waals surface area contributed by atoms with Gasteiger partial charge in [0, 0.05) is 13.0 Å². The highest BCUT2D eigenvalue weighted by Gasteiger charge is 2.35. The summed E-state index contributed by atoms with van der Waals surface area (Å²) in [5, 5.41) is 9.46. The molecule has 21 heavy (non-hydrogen) atoms. The Bertz CT molecular complexity index is 547. The molecule has 0 aromatic heterocycles. The van der Waals surface area contributed by atoms with Crippen molar-refractivity contribution in [1.82, 2.24) is 4.90 Å². The molecule has 1 unspecified atom stereocenters. The molecule has 0 saturated heterocycles. The van der Waals surface area contributed by atoms with E-state index in [4.69, 9.17) is 4.74 Å². The van der Waals surface area contributed by atoms with E-state index in [9.17, 15) is 14.7 Å². The van der Waals surface area contributed by atoms with Crippen LogP contribution in [0.1, 0.15) is 31.9 Å². The first kappa shape index (κ1) is 15.4. The van der Waals surface area contributed by atoms with Crippen LogP contribution in [0.25, 0.3) is 0 Å². The minimum Gasteiger partial charge on any atom is -0.480 e. The number of carboxylic acid groups (broad SMARTS) is 1. The van der Waals surface area contributed by atoms with Gasteiger partial charge in [-0.3, -0.25) is 4.90 Å². The van der Waals surface area contributed by atoms with Crippen molar-refractivity contribution in [2.24, 2.45) is 0 Å². The van der Waals surface area contributed by atoms with Crippen LogP contribution in [0.3, 0.4) is 0 Å². The van der Waals surface area contributed by atoms with Gasteiger partial charge in [0.15, 0.2) is 0 Å². The maximum Gasteiger partial charge on any atom is 0.411 e. The second-order valence-corrected chi connectivity index (χ2v) is 6.25. The number of amides is 1. The summed E-state index contributed by atoms with van der Waals surface area (Å²) >= 11 is 0. The summed E-state index contributed by atoms with van der Waals surface area (Å²) in [5.41, 5.74) is 1.44. The quantitative estimate of drug-likeness (QED) is 0.863. The molecule has 0 spiro atoms. The highest BCUT2D eigenvalue weighted by atomic mass is 16.6. The summed E-state index contributed by atoms with van der Waals surface area (Å²) in [6.07, 6.45) is 0.381. The number of aliphatic carboxylic acids is 1. The van der Waals surface area contributed by atoms with Gasteiger partial charge in [0.25, 0.3) is 0 Å². The van der Waals surface area contributed by atoms with Gasteiger partial charge >= 0.3 is 12.1 Å². The Morgan fingerprint density at radius 1 is 1.24 bits per heavy atom. The molecule has 0 aliphatic carbocycles. The third-order valence-corrected chi connectivity index (χ3v) is 3.44. The van der Waals surface area contributed by atoms with Gasteiger partial charge in [0.05, 0.1) is 0 Å². The van der Waals surface area contributed by atoms with Crippen LogP contribution in [0, 0.1) is 0 Å². The fourth-order valence-corrected chi connectivity index (χ4v) is 2.48. The van der Waals surface area contributed by atoms with Crippen LogP contribution >= 0.6 is 0 Å². The number of carbonyl (C=O) groups is 2. The van der Waals surface area contributed by atoms with E-state index in [0.29, 0.717) is 19.4 Å². The van der Waals surface area contributed by atoms with Gasteiger partial charge in [-0.1, -0.05) is 24.3 Å². The van der Waals surface area contributed by atoms with Crippen LogP contribution in [-0.2, 0) is 22.4 Å². The maximum atomic E-state index is 12.3. The molecule has 5 heteroatoms. The Hall–Kier alpha value is -2.04. The van der Waals surface area contributed by atoms with Crippen molar-refractivity contribution in [2.75, 3.05) is 6.54 Å². The summed E-state index contributed by atoms with van der Waals surface area (Å²) in [7, 11) is 0. The lowest BCUT2D eigenvalue weighted by atomic mass is 10.0. The zero-order chi connectivity index (χ0) is 15.6. The van der Waals surface area contributed by atoms with Crippen LogP contribution in [0.15, 0.2) is 24.3 Å². The molecule has 1 heterocycles. The number of hydrogen-bond donors (Lipinski definition) is 1. The van der Waals surface area contributed by atoms with Crippen molar-refractivity contribution in [3.63, 3.8) is 0 Å². The lowest BCUT2D eigenvalue weighted by Gasteiger charge is -2.30. The Balaban J connectivity index is 2.26. The number of carboxylic acids is 1. The number of fused-ring (bicyclic) bond motifs is 1. The lowest BCUT2D eigenvalue weighted by Crippen LogP contribution is -2.48. The third-order valence-electron chi connectivity index (χ3n) is 3.44. The number of carbonyl (C=O) groups excluding carboxylic acids is 1. The monoisotopic (exact) mass is 291 g/mol. The Labute approximate surface area is 124 Å². The molecular formula is C16H21NO4. The minimum atomic E-state index is -1.00. The second kappa shape index (κ2) is 5.76. The van der Waals surface area contributed by atoms with Gasteiger partial charge in [-0.15, -0.1) is 0 Å². The molecule has 1 aromatic carbocycles. The first-order valence-corrected chi connectivity index (χ1v) is 7.07. The van der Waals surface area contributed by atoms with Gasteiger partial charge in [0.1, 0.15) is 11.6 Å². The van der Waals surface area contributed by atoms with E-state index in [-0.39, 0.29) is 0 Å². The summed E-state index contributed by atoms with van der Waals surface area (Å²) in [6, 6.07) is 6.83. The predicted molar refractivity (Wildman–Crippen MR) is 78.2 cm³/mol. The van der Waals surface area contributed by atoms with E-state index >= 15 is 0 Å². The van der Waals surface area contributed by atoms with Gasteiger partial charge in [-0.05, 0) is 38.3 Å². The lowest BCUT2D eigenvalue weighted by molar-refractivity contribution is -0.143. The Kier molecular flexibility index (Phi) is 4.21. The molecule has 1 amide bonds. The van der Waals surface area contributed by atoms with Crippen LogP contribution in [0.4, 0.5) is 4.79 Å². The Morgan fingerprint density at radius 3 is 2.43 bits per heavy atom. The smallest absolute Gasteiger partial charge is 0.411 e. The van der Waals surface area contributed by atoms with Crippen LogP contribution < -0.4 is 0 Å². The fourth-order valence-electron chi connectivity index (χ4n) is 2.48. The zero-order valence-corrected chi connectivity index (χ0v) is 12.6. The van der Waals surface area contributed by atoms with Crippen molar-refractivity contribution in [1.29, 1.82) is 0 Å². The van der Waals surface area contributed by atoms with Gasteiger partial charge in [-0.25, -0.2) is 9.59 Å². The molecule has 5 nitrogen and oxygen atoms in total. The number of benzene rings is 1. The molecule has 1 aliphatic heterocycles. The van der Waals surface area contributed by atoms with Crippen LogP contribution in [0.2, 0.25) is 0 Å². The summed E-state index contributed by atoms with van der Waals surface area (Å²) in [4.78, 5) is 25.1. The molecule has 0 radical (unpaired) electrons. The van der Waals surface area contributed by atoms with E-state index in [2.05, 4.69) is 0 Å². The summed E-state index contributed by atoms with van der Waals surface area (Å²) in [5.74, 6) is -1.00. The number of rotatable bonds is 1. The summed E-state index contributed by atoms with van der Waals surface area (Å²) in [6.45, 7) is 5.66. The zero-order valence-electron chi connectivity index (χ0n) is 12.6. The average Bonchev–Trinajstić information content (AvgIpc) is 2.56. The van der Waals surface area contributed by atoms with Crippen molar-refractivity contribution in [3.8, 4) is 0 Å². The normalized spacial score (nSPS) is 18.6. The largest absolute Gasteiger partial charge is 0.480 e. The van der Waals surface area contributed by atoms with E-state index in [1.165, 1.54) is 4.90 Å². The molecule has 1 aromatic rings. The second-order valence-electron chi connectivity index (χ2n) is 6.25. The van der Waals surface area contributed by atoms with Gasteiger partial charge in [-0.2, -0.15) is 0 Å². The molecule has 114 valence electrons. The average molecular weight is 291 g/mol. The van der Waals surface area contributed by atoms with E-state index in [1.807, 2.05) is 24.3 Å². The van der Waals surface area contributed by atoms with E-state index in [1.54, 1.807) is 20.8 Å². The number of hydrogen-bond acceptors (Lipinski definition) is 3. The molecule has 0 bridgehead atoms. The van der Waals surface area contributed by atoms with Gasteiger partial charge < -0.3 is 9.84 Å². The maximum absolute atomic E-state index is 12.3. The van der Waals surface area contributed by atoms with E-state index < -0.39 is 23.7 Å². The molecule has 0 saturated carbocycles. The topological polar surface area (TPSA) is 66.8 Å².